The van der Waals surface area contributed by atoms with Crippen molar-refractivity contribution in [3.8, 4) is 0 Å². The maximum Gasteiger partial charge on any atom is 0.206 e. The third-order valence-corrected chi connectivity index (χ3v) is 4.36. The Labute approximate surface area is 92.5 Å². The van der Waals surface area contributed by atoms with Gasteiger partial charge in [-0.15, -0.1) is 0 Å². The second-order valence-electron chi connectivity index (χ2n) is 3.70. The number of hydrogen-bond acceptors (Lipinski definition) is 5. The second kappa shape index (κ2) is 3.78. The van der Waals surface area contributed by atoms with Gasteiger partial charge in [0, 0.05) is 12.4 Å². The van der Waals surface area contributed by atoms with Crippen molar-refractivity contribution in [1.29, 1.82) is 0 Å². The zero-order chi connectivity index (χ0) is 11.8. The monoisotopic (exact) mass is 244 g/mol. The number of nitrogens with two attached hydrogens (primary N) is 1. The van der Waals surface area contributed by atoms with Gasteiger partial charge in [0.25, 0.3) is 0 Å². The SMILES string of the molecule is NC(=NO)c1nccn1C1CCS(=O)(=O)C1. The largest absolute Gasteiger partial charge is 0.409 e. The highest BCUT2D eigenvalue weighted by Crippen LogP contribution is 2.24. The Morgan fingerprint density at radius 1 is 1.69 bits per heavy atom. The average molecular weight is 244 g/mol. The molecule has 88 valence electrons. The van der Waals surface area contributed by atoms with E-state index < -0.39 is 9.84 Å². The highest BCUT2D eigenvalue weighted by molar-refractivity contribution is 7.91. The van der Waals surface area contributed by atoms with Gasteiger partial charge in [-0.25, -0.2) is 13.4 Å². The van der Waals surface area contributed by atoms with Crippen molar-refractivity contribution in [2.45, 2.75) is 12.5 Å². The first-order valence-electron chi connectivity index (χ1n) is 4.74. The van der Waals surface area contributed by atoms with E-state index in [0.29, 0.717) is 12.2 Å². The predicted molar refractivity (Wildman–Crippen MR) is 57.0 cm³/mol. The first kappa shape index (κ1) is 10.9. The van der Waals surface area contributed by atoms with Crippen LogP contribution >= 0.6 is 0 Å². The molecule has 0 radical (unpaired) electrons. The molecule has 7 nitrogen and oxygen atoms in total. The molecule has 1 aliphatic rings. The fourth-order valence-corrected chi connectivity index (χ4v) is 3.56. The Morgan fingerprint density at radius 3 is 3.00 bits per heavy atom. The van der Waals surface area contributed by atoms with Crippen LogP contribution in [-0.2, 0) is 9.84 Å². The molecule has 1 fully saturated rings. The van der Waals surface area contributed by atoms with Crippen molar-refractivity contribution in [3.05, 3.63) is 18.2 Å². The Hall–Kier alpha value is -1.57. The molecule has 0 spiro atoms. The van der Waals surface area contributed by atoms with E-state index >= 15 is 0 Å². The van der Waals surface area contributed by atoms with Crippen molar-refractivity contribution in [2.24, 2.45) is 10.9 Å². The Morgan fingerprint density at radius 2 is 2.44 bits per heavy atom. The lowest BCUT2D eigenvalue weighted by Crippen LogP contribution is -2.22. The summed E-state index contributed by atoms with van der Waals surface area (Å²) in [5, 5.41) is 11.4. The molecule has 8 heteroatoms. The number of rotatable bonds is 2. The van der Waals surface area contributed by atoms with E-state index in [0.717, 1.165) is 0 Å². The van der Waals surface area contributed by atoms with E-state index in [2.05, 4.69) is 10.1 Å². The summed E-state index contributed by atoms with van der Waals surface area (Å²) in [5.41, 5.74) is 5.44. The Balaban J connectivity index is 2.33. The van der Waals surface area contributed by atoms with Crippen LogP contribution in [-0.4, -0.2) is 40.5 Å². The van der Waals surface area contributed by atoms with Crippen LogP contribution < -0.4 is 5.73 Å². The van der Waals surface area contributed by atoms with Gasteiger partial charge in [0.1, 0.15) is 0 Å². The van der Waals surface area contributed by atoms with E-state index in [1.807, 2.05) is 0 Å². The second-order valence-corrected chi connectivity index (χ2v) is 5.93. The van der Waals surface area contributed by atoms with Crippen LogP contribution in [0.5, 0.6) is 0 Å². The molecule has 1 saturated heterocycles. The summed E-state index contributed by atoms with van der Waals surface area (Å²) in [7, 11) is -2.96. The number of amidine groups is 1. The lowest BCUT2D eigenvalue weighted by Gasteiger charge is -2.12. The first-order valence-corrected chi connectivity index (χ1v) is 6.57. The van der Waals surface area contributed by atoms with Crippen LogP contribution in [0.25, 0.3) is 0 Å². The van der Waals surface area contributed by atoms with Gasteiger partial charge in [0.05, 0.1) is 17.5 Å². The summed E-state index contributed by atoms with van der Waals surface area (Å²) in [5.74, 6) is 0.430. The molecule has 0 aliphatic carbocycles. The molecule has 0 aromatic carbocycles. The van der Waals surface area contributed by atoms with Gasteiger partial charge < -0.3 is 15.5 Å². The minimum absolute atomic E-state index is 0.0784. The van der Waals surface area contributed by atoms with Crippen LogP contribution in [0.2, 0.25) is 0 Å². The molecule has 2 heterocycles. The number of oxime groups is 1. The molecule has 0 saturated carbocycles. The molecule has 0 amide bonds. The summed E-state index contributed by atoms with van der Waals surface area (Å²) in [4.78, 5) is 3.93. The molecule has 1 unspecified atom stereocenters. The molecule has 16 heavy (non-hydrogen) atoms. The molecular formula is C8H12N4O3S. The van der Waals surface area contributed by atoms with Crippen molar-refractivity contribution >= 4 is 15.7 Å². The summed E-state index contributed by atoms with van der Waals surface area (Å²) >= 11 is 0. The van der Waals surface area contributed by atoms with Crippen LogP contribution in [0.4, 0.5) is 0 Å². The lowest BCUT2D eigenvalue weighted by molar-refractivity contribution is 0.318. The first-order chi connectivity index (χ1) is 7.53. The molecule has 0 bridgehead atoms. The number of nitrogens with zero attached hydrogens (tertiary/aromatic N) is 3. The van der Waals surface area contributed by atoms with Gasteiger partial charge in [-0.05, 0) is 6.42 Å². The fourth-order valence-electron chi connectivity index (χ4n) is 1.85. The van der Waals surface area contributed by atoms with Gasteiger partial charge in [0.2, 0.25) is 5.84 Å². The third kappa shape index (κ3) is 1.87. The molecule has 3 N–H and O–H groups in total. The standard InChI is InChI=1S/C8H12N4O3S/c9-7(11-13)8-10-2-3-12(8)6-1-4-16(14,15)5-6/h2-3,6,13H,1,4-5H2,(H2,9,11). The molecule has 1 aliphatic heterocycles. The molecule has 1 aromatic rings. The predicted octanol–water partition coefficient (Wildman–Crippen LogP) is -0.663. The Bertz CT molecular complexity index is 519. The number of imidazole rings is 1. The van der Waals surface area contributed by atoms with Gasteiger partial charge >= 0.3 is 0 Å². The third-order valence-electron chi connectivity index (χ3n) is 2.61. The van der Waals surface area contributed by atoms with Crippen LogP contribution in [0.1, 0.15) is 18.3 Å². The van der Waals surface area contributed by atoms with E-state index in [9.17, 15) is 8.42 Å². The van der Waals surface area contributed by atoms with Crippen LogP contribution in [0.3, 0.4) is 0 Å². The molecular weight excluding hydrogens is 232 g/mol. The van der Waals surface area contributed by atoms with Gasteiger partial charge in [-0.2, -0.15) is 0 Å². The maximum absolute atomic E-state index is 11.3. The van der Waals surface area contributed by atoms with E-state index in [4.69, 9.17) is 10.9 Å². The minimum Gasteiger partial charge on any atom is -0.409 e. The molecule has 1 atom stereocenters. The van der Waals surface area contributed by atoms with E-state index in [-0.39, 0.29) is 23.4 Å². The highest BCUT2D eigenvalue weighted by atomic mass is 32.2. The maximum atomic E-state index is 11.3. The van der Waals surface area contributed by atoms with Crippen molar-refractivity contribution in [3.63, 3.8) is 0 Å². The van der Waals surface area contributed by atoms with Gasteiger partial charge in [-0.1, -0.05) is 5.16 Å². The molecule has 1 aromatic heterocycles. The average Bonchev–Trinajstić information content (AvgIpc) is 2.82. The topological polar surface area (TPSA) is 111 Å². The zero-order valence-electron chi connectivity index (χ0n) is 8.44. The van der Waals surface area contributed by atoms with E-state index in [1.54, 1.807) is 10.8 Å². The van der Waals surface area contributed by atoms with Crippen molar-refractivity contribution < 1.29 is 13.6 Å². The number of sulfone groups is 1. The number of hydrogen-bond donors (Lipinski definition) is 2. The quantitative estimate of drug-likeness (QED) is 0.310. The van der Waals surface area contributed by atoms with Gasteiger partial charge in [-0.3, -0.25) is 0 Å². The minimum atomic E-state index is -2.96. The normalized spacial score (nSPS) is 24.8. The summed E-state index contributed by atoms with van der Waals surface area (Å²) in [6.07, 6.45) is 3.67. The van der Waals surface area contributed by atoms with Crippen molar-refractivity contribution in [2.75, 3.05) is 11.5 Å². The lowest BCUT2D eigenvalue weighted by atomic mass is 10.2. The summed E-state index contributed by atoms with van der Waals surface area (Å²) < 4.78 is 24.3. The van der Waals surface area contributed by atoms with Crippen LogP contribution in [0, 0.1) is 0 Å². The van der Waals surface area contributed by atoms with E-state index in [1.165, 1.54) is 6.20 Å². The zero-order valence-corrected chi connectivity index (χ0v) is 9.26. The highest BCUT2D eigenvalue weighted by Gasteiger charge is 2.30. The summed E-state index contributed by atoms with van der Waals surface area (Å²) in [6, 6.07) is -0.178. The summed E-state index contributed by atoms with van der Waals surface area (Å²) in [6.45, 7) is 0. The number of aromatic nitrogens is 2. The molecule has 2 rings (SSSR count). The fraction of sp³-hybridized carbons (Fsp3) is 0.500. The smallest absolute Gasteiger partial charge is 0.206 e. The Kier molecular flexibility index (Phi) is 2.58. The van der Waals surface area contributed by atoms with Crippen LogP contribution in [0.15, 0.2) is 17.5 Å². The van der Waals surface area contributed by atoms with Gasteiger partial charge in [0.15, 0.2) is 15.7 Å². The van der Waals surface area contributed by atoms with Crippen molar-refractivity contribution in [1.82, 2.24) is 9.55 Å².